The lowest BCUT2D eigenvalue weighted by molar-refractivity contribution is -0.385. The molecule has 0 fully saturated rings. The standard InChI is InChI=1S/C17H19ClN2O3/c18-16-6-7-17(20(22)23)15(10-16)12-19-11-14(8-9-21)13-4-2-1-3-5-13/h1-7,10,14,19,21H,8-9,11-12H2. The molecule has 6 heteroatoms. The monoisotopic (exact) mass is 334 g/mol. The zero-order valence-electron chi connectivity index (χ0n) is 12.6. The molecule has 23 heavy (non-hydrogen) atoms. The molecule has 2 rings (SSSR count). The van der Waals surface area contributed by atoms with E-state index in [0.717, 1.165) is 5.56 Å². The summed E-state index contributed by atoms with van der Waals surface area (Å²) in [7, 11) is 0. The van der Waals surface area contributed by atoms with E-state index in [1.54, 1.807) is 6.07 Å². The highest BCUT2D eigenvalue weighted by molar-refractivity contribution is 6.30. The number of aliphatic hydroxyl groups excluding tert-OH is 1. The van der Waals surface area contributed by atoms with Crippen molar-refractivity contribution in [1.82, 2.24) is 5.32 Å². The van der Waals surface area contributed by atoms with Crippen LogP contribution in [0.3, 0.4) is 0 Å². The van der Waals surface area contributed by atoms with Gasteiger partial charge in [-0.05, 0) is 30.0 Å². The normalized spacial score (nSPS) is 12.1. The number of aliphatic hydroxyl groups is 1. The van der Waals surface area contributed by atoms with E-state index < -0.39 is 4.92 Å². The predicted molar refractivity (Wildman–Crippen MR) is 90.7 cm³/mol. The maximum atomic E-state index is 11.1. The third-order valence-corrected chi connectivity index (χ3v) is 3.93. The van der Waals surface area contributed by atoms with Crippen molar-refractivity contribution >= 4 is 17.3 Å². The zero-order chi connectivity index (χ0) is 16.7. The molecule has 0 spiro atoms. The van der Waals surface area contributed by atoms with Gasteiger partial charge < -0.3 is 10.4 Å². The molecule has 0 aliphatic carbocycles. The second-order valence-electron chi connectivity index (χ2n) is 5.28. The number of benzene rings is 2. The van der Waals surface area contributed by atoms with Crippen LogP contribution in [0.15, 0.2) is 48.5 Å². The summed E-state index contributed by atoms with van der Waals surface area (Å²) in [4.78, 5) is 10.6. The van der Waals surface area contributed by atoms with E-state index in [0.29, 0.717) is 30.1 Å². The first-order chi connectivity index (χ1) is 11.1. The van der Waals surface area contributed by atoms with Gasteiger partial charge in [0.2, 0.25) is 0 Å². The largest absolute Gasteiger partial charge is 0.396 e. The van der Waals surface area contributed by atoms with E-state index in [-0.39, 0.29) is 18.2 Å². The minimum atomic E-state index is -0.407. The van der Waals surface area contributed by atoms with Gasteiger partial charge >= 0.3 is 0 Å². The quantitative estimate of drug-likeness (QED) is 0.572. The number of nitro groups is 1. The van der Waals surface area contributed by atoms with Crippen LogP contribution in [0.4, 0.5) is 5.69 Å². The lowest BCUT2D eigenvalue weighted by Gasteiger charge is -2.17. The molecule has 0 aliphatic heterocycles. The van der Waals surface area contributed by atoms with Gasteiger partial charge in [0.15, 0.2) is 0 Å². The Bertz CT molecular complexity index is 650. The summed E-state index contributed by atoms with van der Waals surface area (Å²) in [5.41, 5.74) is 1.74. The lowest BCUT2D eigenvalue weighted by Crippen LogP contribution is -2.22. The Hall–Kier alpha value is -1.95. The molecule has 0 saturated carbocycles. The summed E-state index contributed by atoms with van der Waals surface area (Å²) < 4.78 is 0. The second kappa shape index (κ2) is 8.62. The van der Waals surface area contributed by atoms with Crippen LogP contribution in [0.1, 0.15) is 23.5 Å². The molecule has 0 bridgehead atoms. The third-order valence-electron chi connectivity index (χ3n) is 3.69. The van der Waals surface area contributed by atoms with Crippen molar-refractivity contribution in [1.29, 1.82) is 0 Å². The van der Waals surface area contributed by atoms with Crippen molar-refractivity contribution in [3.63, 3.8) is 0 Å². The summed E-state index contributed by atoms with van der Waals surface area (Å²) in [6.45, 7) is 1.07. The molecule has 122 valence electrons. The number of nitrogens with one attached hydrogen (secondary N) is 1. The van der Waals surface area contributed by atoms with Crippen molar-refractivity contribution < 1.29 is 10.0 Å². The number of hydrogen-bond acceptors (Lipinski definition) is 4. The molecule has 2 N–H and O–H groups in total. The molecule has 2 aromatic rings. The number of halogens is 1. The van der Waals surface area contributed by atoms with Crippen LogP contribution in [-0.2, 0) is 6.54 Å². The molecule has 5 nitrogen and oxygen atoms in total. The van der Waals surface area contributed by atoms with Crippen LogP contribution in [0, 0.1) is 10.1 Å². The smallest absolute Gasteiger partial charge is 0.273 e. The van der Waals surface area contributed by atoms with E-state index in [1.807, 2.05) is 30.3 Å². The zero-order valence-corrected chi connectivity index (χ0v) is 13.4. The van der Waals surface area contributed by atoms with Crippen LogP contribution in [-0.4, -0.2) is 23.2 Å². The minimum Gasteiger partial charge on any atom is -0.396 e. The van der Waals surface area contributed by atoms with Gasteiger partial charge in [-0.25, -0.2) is 0 Å². The fourth-order valence-corrected chi connectivity index (χ4v) is 2.72. The molecule has 0 aromatic heterocycles. The van der Waals surface area contributed by atoms with Crippen molar-refractivity contribution in [3.8, 4) is 0 Å². The molecule has 2 aromatic carbocycles. The molecular weight excluding hydrogens is 316 g/mol. The van der Waals surface area contributed by atoms with E-state index >= 15 is 0 Å². The summed E-state index contributed by atoms with van der Waals surface area (Å²) in [5.74, 6) is 0.152. The predicted octanol–water partition coefficient (Wildman–Crippen LogP) is 3.50. The van der Waals surface area contributed by atoms with Crippen molar-refractivity contribution in [2.24, 2.45) is 0 Å². The Morgan fingerprint density at radius 2 is 1.96 bits per heavy atom. The van der Waals surface area contributed by atoms with Crippen molar-refractivity contribution in [2.45, 2.75) is 18.9 Å². The Morgan fingerprint density at radius 3 is 2.61 bits per heavy atom. The number of rotatable bonds is 8. The van der Waals surface area contributed by atoms with Gasteiger partial charge in [0.25, 0.3) is 5.69 Å². The van der Waals surface area contributed by atoms with E-state index in [4.69, 9.17) is 11.6 Å². The number of nitro benzene ring substituents is 1. The Kier molecular flexibility index (Phi) is 6.52. The SMILES string of the molecule is O=[N+]([O-])c1ccc(Cl)cc1CNCC(CCO)c1ccccc1. The summed E-state index contributed by atoms with van der Waals surface area (Å²) >= 11 is 5.93. The molecule has 0 radical (unpaired) electrons. The molecule has 1 atom stereocenters. The van der Waals surface area contributed by atoms with Crippen LogP contribution < -0.4 is 5.32 Å². The maximum Gasteiger partial charge on any atom is 0.273 e. The van der Waals surface area contributed by atoms with Gasteiger partial charge in [0, 0.05) is 36.3 Å². The lowest BCUT2D eigenvalue weighted by atomic mass is 9.96. The third kappa shape index (κ3) is 5.03. The van der Waals surface area contributed by atoms with Crippen LogP contribution in [0.5, 0.6) is 0 Å². The Balaban J connectivity index is 2.03. The molecule has 0 amide bonds. The highest BCUT2D eigenvalue weighted by Crippen LogP contribution is 2.23. The molecule has 1 unspecified atom stereocenters. The minimum absolute atomic E-state index is 0.0559. The molecule has 0 saturated heterocycles. The van der Waals surface area contributed by atoms with E-state index in [9.17, 15) is 15.2 Å². The van der Waals surface area contributed by atoms with Gasteiger partial charge in [-0.15, -0.1) is 0 Å². The first-order valence-corrected chi connectivity index (χ1v) is 7.79. The molecule has 0 heterocycles. The van der Waals surface area contributed by atoms with Crippen LogP contribution >= 0.6 is 11.6 Å². The second-order valence-corrected chi connectivity index (χ2v) is 5.72. The topological polar surface area (TPSA) is 75.4 Å². The summed E-state index contributed by atoms with van der Waals surface area (Å²) in [6.07, 6.45) is 0.634. The number of nitrogens with zero attached hydrogens (tertiary/aromatic N) is 1. The Labute approximate surface area is 140 Å². The van der Waals surface area contributed by atoms with Gasteiger partial charge in [-0.1, -0.05) is 41.9 Å². The van der Waals surface area contributed by atoms with Crippen LogP contribution in [0.2, 0.25) is 5.02 Å². The first-order valence-electron chi connectivity index (χ1n) is 7.41. The molecular formula is C17H19ClN2O3. The van der Waals surface area contributed by atoms with Gasteiger partial charge in [0.1, 0.15) is 0 Å². The Morgan fingerprint density at radius 1 is 1.22 bits per heavy atom. The molecule has 0 aliphatic rings. The fraction of sp³-hybridized carbons (Fsp3) is 0.294. The van der Waals surface area contributed by atoms with Gasteiger partial charge in [-0.3, -0.25) is 10.1 Å². The average molecular weight is 335 g/mol. The van der Waals surface area contributed by atoms with Crippen molar-refractivity contribution in [3.05, 3.63) is 74.8 Å². The maximum absolute atomic E-state index is 11.1. The highest BCUT2D eigenvalue weighted by Gasteiger charge is 2.15. The van der Waals surface area contributed by atoms with Crippen molar-refractivity contribution in [2.75, 3.05) is 13.2 Å². The highest BCUT2D eigenvalue weighted by atomic mass is 35.5. The van der Waals surface area contributed by atoms with Gasteiger partial charge in [0.05, 0.1) is 4.92 Å². The van der Waals surface area contributed by atoms with Crippen LogP contribution in [0.25, 0.3) is 0 Å². The fourth-order valence-electron chi connectivity index (χ4n) is 2.52. The van der Waals surface area contributed by atoms with E-state index in [1.165, 1.54) is 12.1 Å². The number of hydrogen-bond donors (Lipinski definition) is 2. The van der Waals surface area contributed by atoms with E-state index in [2.05, 4.69) is 5.32 Å². The summed E-state index contributed by atoms with van der Waals surface area (Å²) in [6, 6.07) is 14.4. The first kappa shape index (κ1) is 17.4. The summed E-state index contributed by atoms with van der Waals surface area (Å²) in [5, 5.41) is 24.0. The average Bonchev–Trinajstić information content (AvgIpc) is 2.54. The van der Waals surface area contributed by atoms with Gasteiger partial charge in [-0.2, -0.15) is 0 Å².